The molecule has 1 atom stereocenters. The maximum atomic E-state index is 12.8. The van der Waals surface area contributed by atoms with Crippen molar-refractivity contribution in [3.63, 3.8) is 0 Å². The van der Waals surface area contributed by atoms with Crippen LogP contribution in [-0.2, 0) is 14.6 Å². The predicted octanol–water partition coefficient (Wildman–Crippen LogP) is 2.04. The van der Waals surface area contributed by atoms with Crippen LogP contribution in [0.2, 0.25) is 0 Å². The molecule has 0 saturated heterocycles. The number of carbonyl (C=O) groups is 1. The summed E-state index contributed by atoms with van der Waals surface area (Å²) in [7, 11) is -3.75. The summed E-state index contributed by atoms with van der Waals surface area (Å²) in [6.45, 7) is 1.30. The smallest absolute Gasteiger partial charge is 0.253 e. The monoisotopic (exact) mass is 329 g/mol. The number of carbonyl (C=O) groups excluding carboxylic acids is 1. The van der Waals surface area contributed by atoms with E-state index in [2.05, 4.69) is 5.32 Å². The number of benzene rings is 1. The highest BCUT2D eigenvalue weighted by Crippen LogP contribution is 2.30. The summed E-state index contributed by atoms with van der Waals surface area (Å²) in [5.41, 5.74) is 0. The number of nitrogens with one attached hydrogen (secondary N) is 1. The number of anilines is 1. The summed E-state index contributed by atoms with van der Waals surface area (Å²) < 4.78 is 37.5. The highest BCUT2D eigenvalue weighted by molar-refractivity contribution is 7.93. The first kappa shape index (κ1) is 15.6. The lowest BCUT2D eigenvalue weighted by Crippen LogP contribution is -2.23. The second-order valence-electron chi connectivity index (χ2n) is 4.24. The molecule has 1 aromatic heterocycles. The Labute approximate surface area is 125 Å². The van der Waals surface area contributed by atoms with E-state index >= 15 is 0 Å². The minimum Gasteiger partial charge on any atom is -0.384 e. The van der Waals surface area contributed by atoms with E-state index in [0.29, 0.717) is 5.00 Å². The van der Waals surface area contributed by atoms with E-state index in [0.717, 1.165) is 23.5 Å². The number of hydrogen-bond donors (Lipinski definition) is 2. The molecule has 1 aromatic carbocycles. The minimum atomic E-state index is -3.75. The Hall–Kier alpha value is -1.77. The number of hydrogen-bond acceptors (Lipinski definition) is 5. The fourth-order valence-corrected chi connectivity index (χ4v) is 4.10. The molecule has 0 aliphatic rings. The van der Waals surface area contributed by atoms with E-state index in [4.69, 9.17) is 5.11 Å². The van der Waals surface area contributed by atoms with Crippen LogP contribution >= 0.6 is 11.3 Å². The van der Waals surface area contributed by atoms with Gasteiger partial charge in [-0.3, -0.25) is 4.79 Å². The normalized spacial score (nSPS) is 12.9. The van der Waals surface area contributed by atoms with Crippen LogP contribution in [0.5, 0.6) is 0 Å². The van der Waals surface area contributed by atoms with Gasteiger partial charge in [0.2, 0.25) is 9.84 Å². The molecule has 0 spiro atoms. The highest BCUT2D eigenvalue weighted by Gasteiger charge is 2.21. The molecule has 0 bridgehead atoms. The van der Waals surface area contributed by atoms with Gasteiger partial charge in [-0.05, 0) is 43.3 Å². The molecule has 0 aliphatic carbocycles. The van der Waals surface area contributed by atoms with Gasteiger partial charge < -0.3 is 10.4 Å². The standard InChI is InChI=1S/C13H12FNO4S2/c1-8(16)13(17)15-11-6-7-12(20-11)21(18,19)10-4-2-9(14)3-5-10/h2-8,16H,1H3,(H,15,17)/t8-/m1/s1. The number of sulfone groups is 1. The van der Waals surface area contributed by atoms with Crippen molar-refractivity contribution in [2.45, 2.75) is 22.1 Å². The van der Waals surface area contributed by atoms with Gasteiger partial charge in [0.1, 0.15) is 16.1 Å². The fraction of sp³-hybridized carbons (Fsp3) is 0.154. The predicted molar refractivity (Wildman–Crippen MR) is 76.5 cm³/mol. The summed E-state index contributed by atoms with van der Waals surface area (Å²) in [6, 6.07) is 7.27. The molecule has 112 valence electrons. The Kier molecular flexibility index (Phi) is 4.40. The van der Waals surface area contributed by atoms with Crippen LogP contribution in [0, 0.1) is 5.82 Å². The second-order valence-corrected chi connectivity index (χ2v) is 7.50. The van der Waals surface area contributed by atoms with Gasteiger partial charge in [0.15, 0.2) is 0 Å². The number of aliphatic hydroxyl groups excluding tert-OH is 1. The second kappa shape index (κ2) is 5.92. The van der Waals surface area contributed by atoms with E-state index in [1.807, 2.05) is 0 Å². The van der Waals surface area contributed by atoms with Gasteiger partial charge in [-0.25, -0.2) is 12.8 Å². The third-order valence-corrected chi connectivity index (χ3v) is 5.86. The molecule has 0 saturated carbocycles. The van der Waals surface area contributed by atoms with Gasteiger partial charge >= 0.3 is 0 Å². The van der Waals surface area contributed by atoms with Gasteiger partial charge in [-0.15, -0.1) is 11.3 Å². The lowest BCUT2D eigenvalue weighted by atomic mass is 10.4. The summed E-state index contributed by atoms with van der Waals surface area (Å²) in [5.74, 6) is -1.15. The topological polar surface area (TPSA) is 83.5 Å². The largest absolute Gasteiger partial charge is 0.384 e. The first-order valence-electron chi connectivity index (χ1n) is 5.90. The molecule has 21 heavy (non-hydrogen) atoms. The first-order chi connectivity index (χ1) is 9.80. The van der Waals surface area contributed by atoms with Crippen LogP contribution in [-0.4, -0.2) is 25.5 Å². The molecule has 1 heterocycles. The average Bonchev–Trinajstić information content (AvgIpc) is 2.88. The molecule has 5 nitrogen and oxygen atoms in total. The number of halogens is 1. The Morgan fingerprint density at radius 1 is 1.24 bits per heavy atom. The molecule has 1 amide bonds. The minimum absolute atomic E-state index is 0.0231. The van der Waals surface area contributed by atoms with Crippen molar-refractivity contribution < 1.29 is 22.7 Å². The van der Waals surface area contributed by atoms with Crippen molar-refractivity contribution in [3.05, 3.63) is 42.2 Å². The van der Waals surface area contributed by atoms with Crippen molar-refractivity contribution in [3.8, 4) is 0 Å². The lowest BCUT2D eigenvalue weighted by molar-refractivity contribution is -0.123. The number of rotatable bonds is 4. The maximum absolute atomic E-state index is 12.8. The van der Waals surface area contributed by atoms with E-state index < -0.39 is 27.7 Å². The van der Waals surface area contributed by atoms with Gasteiger partial charge in [0, 0.05) is 0 Å². The van der Waals surface area contributed by atoms with E-state index in [1.165, 1.54) is 31.2 Å². The molecular weight excluding hydrogens is 317 g/mol. The third-order valence-electron chi connectivity index (χ3n) is 2.60. The number of aliphatic hydroxyl groups is 1. The van der Waals surface area contributed by atoms with Crippen LogP contribution in [0.3, 0.4) is 0 Å². The fourth-order valence-electron chi connectivity index (χ4n) is 1.49. The van der Waals surface area contributed by atoms with Crippen LogP contribution in [0.4, 0.5) is 9.39 Å². The maximum Gasteiger partial charge on any atom is 0.253 e. The van der Waals surface area contributed by atoms with Crippen LogP contribution in [0.15, 0.2) is 45.5 Å². The van der Waals surface area contributed by atoms with Crippen molar-refractivity contribution in [1.82, 2.24) is 0 Å². The highest BCUT2D eigenvalue weighted by atomic mass is 32.2. The molecule has 0 aliphatic heterocycles. The molecule has 0 fully saturated rings. The Morgan fingerprint density at radius 3 is 2.43 bits per heavy atom. The Bertz CT molecular complexity index is 751. The van der Waals surface area contributed by atoms with Crippen LogP contribution in [0.1, 0.15) is 6.92 Å². The van der Waals surface area contributed by atoms with Gasteiger partial charge in [-0.2, -0.15) is 0 Å². The first-order valence-corrected chi connectivity index (χ1v) is 8.20. The van der Waals surface area contributed by atoms with Crippen molar-refractivity contribution in [2.75, 3.05) is 5.32 Å². The molecule has 2 rings (SSSR count). The van der Waals surface area contributed by atoms with Crippen molar-refractivity contribution in [2.24, 2.45) is 0 Å². The number of amides is 1. The molecular formula is C13H12FNO4S2. The summed E-state index contributed by atoms with van der Waals surface area (Å²) in [5, 5.41) is 11.8. The van der Waals surface area contributed by atoms with Gasteiger partial charge in [0.05, 0.1) is 9.90 Å². The Balaban J connectivity index is 2.28. The zero-order valence-electron chi connectivity index (χ0n) is 10.9. The van der Waals surface area contributed by atoms with Crippen molar-refractivity contribution >= 4 is 32.1 Å². The van der Waals surface area contributed by atoms with Crippen LogP contribution in [0.25, 0.3) is 0 Å². The summed E-state index contributed by atoms with van der Waals surface area (Å²) in [6.07, 6.45) is -1.19. The van der Waals surface area contributed by atoms with E-state index in [9.17, 15) is 17.6 Å². The Morgan fingerprint density at radius 2 is 1.86 bits per heavy atom. The van der Waals surface area contributed by atoms with E-state index in [-0.39, 0.29) is 9.10 Å². The molecule has 2 N–H and O–H groups in total. The number of thiophene rings is 1. The molecule has 0 radical (unpaired) electrons. The van der Waals surface area contributed by atoms with Crippen LogP contribution < -0.4 is 5.32 Å². The lowest BCUT2D eigenvalue weighted by Gasteiger charge is -2.04. The summed E-state index contributed by atoms with van der Waals surface area (Å²) in [4.78, 5) is 11.3. The molecule has 0 unspecified atom stereocenters. The third kappa shape index (κ3) is 3.46. The van der Waals surface area contributed by atoms with Gasteiger partial charge in [0.25, 0.3) is 5.91 Å². The molecule has 2 aromatic rings. The van der Waals surface area contributed by atoms with Gasteiger partial charge in [-0.1, -0.05) is 0 Å². The zero-order valence-corrected chi connectivity index (χ0v) is 12.5. The average molecular weight is 329 g/mol. The molecule has 8 heteroatoms. The SMILES string of the molecule is C[C@@H](O)C(=O)Nc1ccc(S(=O)(=O)c2ccc(F)cc2)s1. The van der Waals surface area contributed by atoms with Crippen molar-refractivity contribution in [1.29, 1.82) is 0 Å². The zero-order chi connectivity index (χ0) is 15.6. The summed E-state index contributed by atoms with van der Waals surface area (Å²) >= 11 is 0.860. The quantitative estimate of drug-likeness (QED) is 0.841. The van der Waals surface area contributed by atoms with E-state index in [1.54, 1.807) is 0 Å².